The van der Waals surface area contributed by atoms with E-state index in [0.29, 0.717) is 17.9 Å². The van der Waals surface area contributed by atoms with E-state index in [4.69, 9.17) is 9.84 Å². The summed E-state index contributed by atoms with van der Waals surface area (Å²) in [6.45, 7) is 3.42. The molecule has 124 valence electrons. The summed E-state index contributed by atoms with van der Waals surface area (Å²) in [7, 11) is 0. The van der Waals surface area contributed by atoms with Crippen molar-refractivity contribution in [3.8, 4) is 5.75 Å². The molecule has 7 heteroatoms. The van der Waals surface area contributed by atoms with Gasteiger partial charge in [-0.2, -0.15) is 0 Å². The zero-order chi connectivity index (χ0) is 17.0. The zero-order valence-corrected chi connectivity index (χ0v) is 13.1. The maximum atomic E-state index is 12.4. The Bertz CT molecular complexity index is 616. The van der Waals surface area contributed by atoms with Gasteiger partial charge in [-0.15, -0.1) is 0 Å². The van der Waals surface area contributed by atoms with E-state index in [0.717, 1.165) is 0 Å². The fourth-order valence-corrected chi connectivity index (χ4v) is 2.35. The number of ether oxygens (including phenoxy) is 1. The number of aliphatic carboxylic acids is 1. The van der Waals surface area contributed by atoms with Gasteiger partial charge in [-0.3, -0.25) is 14.4 Å². The van der Waals surface area contributed by atoms with Gasteiger partial charge in [-0.25, -0.2) is 0 Å². The number of para-hydroxylation sites is 2. The number of hydrogen-bond acceptors (Lipinski definition) is 4. The van der Waals surface area contributed by atoms with Gasteiger partial charge in [0.05, 0.1) is 5.69 Å². The van der Waals surface area contributed by atoms with E-state index in [1.807, 2.05) is 13.0 Å². The first-order chi connectivity index (χ1) is 10.9. The van der Waals surface area contributed by atoms with Crippen molar-refractivity contribution in [1.82, 2.24) is 5.32 Å². The summed E-state index contributed by atoms with van der Waals surface area (Å²) in [4.78, 5) is 36.5. The molecular weight excluding hydrogens is 300 g/mol. The van der Waals surface area contributed by atoms with E-state index in [2.05, 4.69) is 5.32 Å². The smallest absolute Gasteiger partial charge is 0.325 e. The van der Waals surface area contributed by atoms with Crippen LogP contribution in [0.3, 0.4) is 0 Å². The number of carbonyl (C=O) groups excluding carboxylic acids is 2. The average molecular weight is 320 g/mol. The molecule has 2 N–H and O–H groups in total. The molecule has 0 radical (unpaired) electrons. The summed E-state index contributed by atoms with van der Waals surface area (Å²) in [5.41, 5.74) is 0.626. The normalized spacial score (nSPS) is 17.9. The minimum Gasteiger partial charge on any atom is -0.480 e. The van der Waals surface area contributed by atoms with Gasteiger partial charge in [0.2, 0.25) is 5.91 Å². The summed E-state index contributed by atoms with van der Waals surface area (Å²) in [6.07, 6.45) is -0.00838. The van der Waals surface area contributed by atoms with Crippen molar-refractivity contribution in [1.29, 1.82) is 0 Å². The number of anilines is 1. The fourth-order valence-electron chi connectivity index (χ4n) is 2.35. The first-order valence-corrected chi connectivity index (χ1v) is 7.53. The second-order valence-corrected chi connectivity index (χ2v) is 5.35. The Labute approximate surface area is 134 Å². The van der Waals surface area contributed by atoms with Crippen LogP contribution in [0.5, 0.6) is 5.75 Å². The highest BCUT2D eigenvalue weighted by molar-refractivity contribution is 6.00. The first kappa shape index (κ1) is 16.8. The van der Waals surface area contributed by atoms with Crippen molar-refractivity contribution in [3.05, 3.63) is 24.3 Å². The van der Waals surface area contributed by atoms with Gasteiger partial charge < -0.3 is 20.1 Å². The molecule has 0 bridgehead atoms. The maximum Gasteiger partial charge on any atom is 0.325 e. The van der Waals surface area contributed by atoms with Gasteiger partial charge in [0, 0.05) is 13.0 Å². The molecule has 2 rings (SSSR count). The number of carboxylic acids is 1. The minimum atomic E-state index is -1.10. The van der Waals surface area contributed by atoms with Crippen molar-refractivity contribution in [2.24, 2.45) is 0 Å². The van der Waals surface area contributed by atoms with Crippen LogP contribution in [0.4, 0.5) is 5.69 Å². The van der Waals surface area contributed by atoms with Crippen molar-refractivity contribution >= 4 is 23.5 Å². The predicted octanol–water partition coefficient (Wildman–Crippen LogP) is 1.17. The van der Waals surface area contributed by atoms with Crippen LogP contribution in [-0.2, 0) is 14.4 Å². The largest absolute Gasteiger partial charge is 0.480 e. The highest BCUT2D eigenvalue weighted by Crippen LogP contribution is 2.34. The minimum absolute atomic E-state index is 0.0220. The SMILES string of the molecule is CCC1Oc2ccccc2N(CCC(=O)NC(C)C(=O)O)C1=O. The monoisotopic (exact) mass is 320 g/mol. The molecule has 1 aliphatic heterocycles. The lowest BCUT2D eigenvalue weighted by Gasteiger charge is -2.34. The van der Waals surface area contributed by atoms with Gasteiger partial charge in [-0.05, 0) is 25.5 Å². The molecule has 1 aromatic carbocycles. The molecule has 0 aromatic heterocycles. The number of hydrogen-bond donors (Lipinski definition) is 2. The predicted molar refractivity (Wildman–Crippen MR) is 83.4 cm³/mol. The number of rotatable bonds is 6. The summed E-state index contributed by atoms with van der Waals surface area (Å²) in [6, 6.07) is 6.20. The van der Waals surface area contributed by atoms with E-state index >= 15 is 0 Å². The number of nitrogens with zero attached hydrogens (tertiary/aromatic N) is 1. The van der Waals surface area contributed by atoms with Gasteiger partial charge in [0.1, 0.15) is 11.8 Å². The van der Waals surface area contributed by atoms with Gasteiger partial charge in [0.15, 0.2) is 6.10 Å². The van der Waals surface area contributed by atoms with Crippen LogP contribution < -0.4 is 15.0 Å². The molecule has 0 spiro atoms. The molecular formula is C16H20N2O5. The topological polar surface area (TPSA) is 95.9 Å². The Morgan fingerprint density at radius 3 is 2.74 bits per heavy atom. The number of nitrogens with one attached hydrogen (secondary N) is 1. The third kappa shape index (κ3) is 3.80. The van der Waals surface area contributed by atoms with E-state index in [1.165, 1.54) is 11.8 Å². The van der Waals surface area contributed by atoms with Crippen molar-refractivity contribution in [2.45, 2.75) is 38.8 Å². The molecule has 1 heterocycles. The van der Waals surface area contributed by atoms with Crippen molar-refractivity contribution in [2.75, 3.05) is 11.4 Å². The van der Waals surface area contributed by atoms with Gasteiger partial charge >= 0.3 is 5.97 Å². The number of fused-ring (bicyclic) bond motifs is 1. The summed E-state index contributed by atoms with van der Waals surface area (Å²) >= 11 is 0. The number of carbonyl (C=O) groups is 3. The highest BCUT2D eigenvalue weighted by Gasteiger charge is 2.33. The summed E-state index contributed by atoms with van der Waals surface area (Å²) in [5, 5.41) is 11.2. The Morgan fingerprint density at radius 2 is 2.09 bits per heavy atom. The van der Waals surface area contributed by atoms with Crippen LogP contribution in [0.15, 0.2) is 24.3 Å². The van der Waals surface area contributed by atoms with E-state index in [9.17, 15) is 14.4 Å². The van der Waals surface area contributed by atoms with Crippen LogP contribution in [0.2, 0.25) is 0 Å². The molecule has 0 aliphatic carbocycles. The molecule has 0 fully saturated rings. The van der Waals surface area contributed by atoms with Crippen LogP contribution in [0, 0.1) is 0 Å². The molecule has 0 saturated carbocycles. The molecule has 7 nitrogen and oxygen atoms in total. The summed E-state index contributed by atoms with van der Waals surface area (Å²) < 4.78 is 5.66. The van der Waals surface area contributed by atoms with Crippen LogP contribution >= 0.6 is 0 Å². The molecule has 2 amide bonds. The molecule has 1 aromatic rings. The van der Waals surface area contributed by atoms with Crippen LogP contribution in [0.25, 0.3) is 0 Å². The summed E-state index contributed by atoms with van der Waals surface area (Å²) in [5.74, 6) is -1.09. The van der Waals surface area contributed by atoms with Gasteiger partial charge in [0.25, 0.3) is 5.91 Å². The quantitative estimate of drug-likeness (QED) is 0.820. The second-order valence-electron chi connectivity index (χ2n) is 5.35. The number of amides is 2. The molecule has 0 saturated heterocycles. The van der Waals surface area contributed by atoms with Crippen molar-refractivity contribution < 1.29 is 24.2 Å². The highest BCUT2D eigenvalue weighted by atomic mass is 16.5. The van der Waals surface area contributed by atoms with Crippen LogP contribution in [-0.4, -0.2) is 41.6 Å². The zero-order valence-electron chi connectivity index (χ0n) is 13.1. The first-order valence-electron chi connectivity index (χ1n) is 7.53. The number of benzene rings is 1. The van der Waals surface area contributed by atoms with Gasteiger partial charge in [-0.1, -0.05) is 19.1 Å². The lowest BCUT2D eigenvalue weighted by Crippen LogP contribution is -2.47. The second kappa shape index (κ2) is 7.13. The standard InChI is InChI=1S/C16H20N2O5/c1-3-12-15(20)18(11-6-4-5-7-13(11)23-12)9-8-14(19)17-10(2)16(21)22/h4-7,10,12H,3,8-9H2,1-2H3,(H,17,19)(H,21,22). The lowest BCUT2D eigenvalue weighted by molar-refractivity contribution is -0.141. The Balaban J connectivity index is 2.07. The molecule has 1 aliphatic rings. The third-order valence-electron chi connectivity index (χ3n) is 3.65. The third-order valence-corrected chi connectivity index (χ3v) is 3.65. The van der Waals surface area contributed by atoms with E-state index in [-0.39, 0.29) is 18.9 Å². The number of carboxylic acid groups (broad SMARTS) is 1. The average Bonchev–Trinajstić information content (AvgIpc) is 2.53. The molecule has 23 heavy (non-hydrogen) atoms. The van der Waals surface area contributed by atoms with E-state index < -0.39 is 24.0 Å². The molecule has 2 atom stereocenters. The fraction of sp³-hybridized carbons (Fsp3) is 0.438. The molecule has 2 unspecified atom stereocenters. The maximum absolute atomic E-state index is 12.4. The Morgan fingerprint density at radius 1 is 1.39 bits per heavy atom. The van der Waals surface area contributed by atoms with Crippen LogP contribution in [0.1, 0.15) is 26.7 Å². The van der Waals surface area contributed by atoms with E-state index in [1.54, 1.807) is 18.2 Å². The Kier molecular flexibility index (Phi) is 5.20. The lowest BCUT2D eigenvalue weighted by atomic mass is 10.1. The van der Waals surface area contributed by atoms with Crippen molar-refractivity contribution in [3.63, 3.8) is 0 Å². The Hall–Kier alpha value is -2.57.